The summed E-state index contributed by atoms with van der Waals surface area (Å²) in [7, 11) is 0. The lowest BCUT2D eigenvalue weighted by molar-refractivity contribution is -0.137. The van der Waals surface area contributed by atoms with Gasteiger partial charge in [0.05, 0.1) is 12.0 Å². The molecule has 1 saturated heterocycles. The molecule has 19 heavy (non-hydrogen) atoms. The first-order valence-corrected chi connectivity index (χ1v) is 7.24. The van der Waals surface area contributed by atoms with E-state index in [-0.39, 0.29) is 24.3 Å². The fraction of sp³-hybridized carbons (Fsp3) is 0.857. The molecule has 3 atom stereocenters. The molecule has 1 amide bonds. The lowest BCUT2D eigenvalue weighted by Gasteiger charge is -2.32. The highest BCUT2D eigenvalue weighted by molar-refractivity contribution is 5.82. The summed E-state index contributed by atoms with van der Waals surface area (Å²) in [5.41, 5.74) is 0. The quantitative estimate of drug-likeness (QED) is 0.794. The number of amides is 1. The van der Waals surface area contributed by atoms with E-state index >= 15 is 0 Å². The van der Waals surface area contributed by atoms with Crippen LogP contribution in [0.1, 0.15) is 39.0 Å². The van der Waals surface area contributed by atoms with Crippen LogP contribution in [0.4, 0.5) is 0 Å². The normalized spacial score (nSPS) is 30.2. The summed E-state index contributed by atoms with van der Waals surface area (Å²) in [5, 5.41) is 8.71. The van der Waals surface area contributed by atoms with Crippen molar-refractivity contribution in [3.63, 3.8) is 0 Å². The van der Waals surface area contributed by atoms with Gasteiger partial charge in [0.25, 0.3) is 0 Å². The number of hydrogen-bond acceptors (Lipinski definition) is 3. The maximum absolute atomic E-state index is 12.3. The third-order valence-electron chi connectivity index (χ3n) is 4.03. The highest BCUT2D eigenvalue weighted by Crippen LogP contribution is 2.36. The van der Waals surface area contributed by atoms with Crippen LogP contribution in [0.3, 0.4) is 0 Å². The van der Waals surface area contributed by atoms with Crippen molar-refractivity contribution in [3.8, 4) is 0 Å². The summed E-state index contributed by atoms with van der Waals surface area (Å²) < 4.78 is 5.46. The lowest BCUT2D eigenvalue weighted by atomic mass is 9.93. The Kier molecular flexibility index (Phi) is 4.80. The van der Waals surface area contributed by atoms with Crippen molar-refractivity contribution in [3.05, 3.63) is 0 Å². The number of piperidine rings is 1. The number of nitrogens with zero attached hydrogens (tertiary/aromatic N) is 1. The summed E-state index contributed by atoms with van der Waals surface area (Å²) in [6.45, 7) is 4.15. The summed E-state index contributed by atoms with van der Waals surface area (Å²) >= 11 is 0. The van der Waals surface area contributed by atoms with Gasteiger partial charge in [0.1, 0.15) is 0 Å². The van der Waals surface area contributed by atoms with E-state index in [0.717, 1.165) is 32.4 Å². The Morgan fingerprint density at radius 1 is 1.42 bits per heavy atom. The number of ether oxygens (including phenoxy) is 1. The third-order valence-corrected chi connectivity index (χ3v) is 4.03. The first-order valence-electron chi connectivity index (χ1n) is 7.24. The number of likely N-dealkylation sites (tertiary alicyclic amines) is 1. The number of carbonyl (C=O) groups is 2. The van der Waals surface area contributed by atoms with Gasteiger partial charge in [-0.3, -0.25) is 9.59 Å². The van der Waals surface area contributed by atoms with Crippen molar-refractivity contribution in [2.24, 2.45) is 11.8 Å². The molecule has 0 aromatic heterocycles. The number of rotatable bonds is 6. The SMILES string of the molecule is CCO[C@@H]1C[C@H]1C(=O)N1CCC[C@@H](CCC(=O)O)C1. The molecule has 0 spiro atoms. The van der Waals surface area contributed by atoms with Crippen LogP contribution < -0.4 is 0 Å². The van der Waals surface area contributed by atoms with Gasteiger partial charge in [-0.1, -0.05) is 0 Å². The molecule has 1 saturated carbocycles. The van der Waals surface area contributed by atoms with Crippen LogP contribution in [0, 0.1) is 11.8 Å². The Labute approximate surface area is 113 Å². The first kappa shape index (κ1) is 14.3. The van der Waals surface area contributed by atoms with Crippen LogP contribution in [0.15, 0.2) is 0 Å². The molecule has 1 aliphatic heterocycles. The highest BCUT2D eigenvalue weighted by atomic mass is 16.5. The molecule has 2 rings (SSSR count). The van der Waals surface area contributed by atoms with Gasteiger partial charge in [-0.15, -0.1) is 0 Å². The zero-order chi connectivity index (χ0) is 13.8. The Hall–Kier alpha value is -1.10. The number of carboxylic acids is 1. The van der Waals surface area contributed by atoms with Gasteiger partial charge in [-0.25, -0.2) is 0 Å². The van der Waals surface area contributed by atoms with Gasteiger partial charge in [-0.2, -0.15) is 0 Å². The molecule has 1 aliphatic carbocycles. The minimum atomic E-state index is -0.748. The first-order chi connectivity index (χ1) is 9.11. The Bertz CT molecular complexity index is 344. The highest BCUT2D eigenvalue weighted by Gasteiger charge is 2.46. The van der Waals surface area contributed by atoms with E-state index in [9.17, 15) is 9.59 Å². The molecule has 2 fully saturated rings. The molecule has 1 N–H and O–H groups in total. The summed E-state index contributed by atoms with van der Waals surface area (Å²) in [6.07, 6.45) is 3.88. The molecule has 0 radical (unpaired) electrons. The molecular weight excluding hydrogens is 246 g/mol. The minimum absolute atomic E-state index is 0.0539. The Morgan fingerprint density at radius 2 is 2.21 bits per heavy atom. The van der Waals surface area contributed by atoms with E-state index in [2.05, 4.69) is 0 Å². The van der Waals surface area contributed by atoms with E-state index in [0.29, 0.717) is 18.9 Å². The Morgan fingerprint density at radius 3 is 2.89 bits per heavy atom. The fourth-order valence-corrected chi connectivity index (χ4v) is 2.89. The van der Waals surface area contributed by atoms with Gasteiger partial charge in [0.2, 0.25) is 5.91 Å². The fourth-order valence-electron chi connectivity index (χ4n) is 2.89. The molecule has 0 unspecified atom stereocenters. The zero-order valence-corrected chi connectivity index (χ0v) is 11.5. The summed E-state index contributed by atoms with van der Waals surface area (Å²) in [4.78, 5) is 24.8. The number of carbonyl (C=O) groups excluding carboxylic acids is 1. The van der Waals surface area contributed by atoms with Crippen molar-refractivity contribution >= 4 is 11.9 Å². The van der Waals surface area contributed by atoms with Gasteiger partial charge in [0, 0.05) is 26.1 Å². The summed E-state index contributed by atoms with van der Waals surface area (Å²) in [5.74, 6) is -0.142. The second kappa shape index (κ2) is 6.37. The van der Waals surface area contributed by atoms with Gasteiger partial charge in [-0.05, 0) is 38.5 Å². The van der Waals surface area contributed by atoms with Gasteiger partial charge < -0.3 is 14.7 Å². The second-order valence-electron chi connectivity index (χ2n) is 5.56. The van der Waals surface area contributed by atoms with E-state index in [1.807, 2.05) is 11.8 Å². The van der Waals surface area contributed by atoms with Crippen molar-refractivity contribution in [2.45, 2.75) is 45.1 Å². The van der Waals surface area contributed by atoms with E-state index in [4.69, 9.17) is 9.84 Å². The van der Waals surface area contributed by atoms with Crippen LogP contribution in [0.25, 0.3) is 0 Å². The summed E-state index contributed by atoms with van der Waals surface area (Å²) in [6, 6.07) is 0. The average molecular weight is 269 g/mol. The minimum Gasteiger partial charge on any atom is -0.481 e. The third kappa shape index (κ3) is 3.93. The largest absolute Gasteiger partial charge is 0.481 e. The predicted octanol–water partition coefficient (Wildman–Crippen LogP) is 1.51. The molecule has 108 valence electrons. The molecular formula is C14H23NO4. The molecule has 0 aromatic rings. The van der Waals surface area contributed by atoms with Crippen molar-refractivity contribution in [1.82, 2.24) is 4.90 Å². The zero-order valence-electron chi connectivity index (χ0n) is 11.5. The topological polar surface area (TPSA) is 66.8 Å². The van der Waals surface area contributed by atoms with E-state index in [1.165, 1.54) is 0 Å². The van der Waals surface area contributed by atoms with Crippen molar-refractivity contribution in [2.75, 3.05) is 19.7 Å². The van der Waals surface area contributed by atoms with E-state index < -0.39 is 5.97 Å². The molecule has 5 heteroatoms. The van der Waals surface area contributed by atoms with Crippen LogP contribution in [0.2, 0.25) is 0 Å². The second-order valence-corrected chi connectivity index (χ2v) is 5.56. The molecule has 1 heterocycles. The van der Waals surface area contributed by atoms with Crippen LogP contribution in [-0.2, 0) is 14.3 Å². The van der Waals surface area contributed by atoms with Crippen LogP contribution >= 0.6 is 0 Å². The predicted molar refractivity (Wildman–Crippen MR) is 69.7 cm³/mol. The molecule has 0 aromatic carbocycles. The van der Waals surface area contributed by atoms with Gasteiger partial charge in [0.15, 0.2) is 0 Å². The smallest absolute Gasteiger partial charge is 0.303 e. The van der Waals surface area contributed by atoms with Crippen LogP contribution in [-0.4, -0.2) is 47.7 Å². The molecule has 5 nitrogen and oxygen atoms in total. The molecule has 0 bridgehead atoms. The number of carboxylic acid groups (broad SMARTS) is 1. The Balaban J connectivity index is 1.77. The van der Waals surface area contributed by atoms with Crippen molar-refractivity contribution < 1.29 is 19.4 Å². The maximum Gasteiger partial charge on any atom is 0.303 e. The standard InChI is InChI=1S/C14H23NO4/c1-2-19-12-8-11(12)14(18)15-7-3-4-10(9-15)5-6-13(16)17/h10-12H,2-9H2,1H3,(H,16,17)/t10-,11+,12+/m0/s1. The van der Waals surface area contributed by atoms with E-state index in [1.54, 1.807) is 0 Å². The monoisotopic (exact) mass is 269 g/mol. The van der Waals surface area contributed by atoms with Crippen LogP contribution in [0.5, 0.6) is 0 Å². The average Bonchev–Trinajstić information content (AvgIpc) is 3.16. The van der Waals surface area contributed by atoms with Gasteiger partial charge >= 0.3 is 5.97 Å². The van der Waals surface area contributed by atoms with Crippen molar-refractivity contribution in [1.29, 1.82) is 0 Å². The number of aliphatic carboxylic acids is 1. The lowest BCUT2D eigenvalue weighted by Crippen LogP contribution is -2.41. The molecule has 2 aliphatic rings. The number of hydrogen-bond donors (Lipinski definition) is 1. The maximum atomic E-state index is 12.3.